The number of phenols is 1. The van der Waals surface area contributed by atoms with Crippen LogP contribution in [-0.4, -0.2) is 30.5 Å². The molecule has 1 rings (SSSR count). The van der Waals surface area contributed by atoms with Gasteiger partial charge >= 0.3 is 0 Å². The molecule has 0 spiro atoms. The zero-order valence-corrected chi connectivity index (χ0v) is 8.58. The molecule has 0 saturated carbocycles. The van der Waals surface area contributed by atoms with Crippen LogP contribution in [0.4, 0.5) is 4.39 Å². The topological polar surface area (TPSA) is 78.4 Å². The summed E-state index contributed by atoms with van der Waals surface area (Å²) in [6.45, 7) is -0.202. The Morgan fingerprint density at radius 1 is 1.44 bits per heavy atom. The third kappa shape index (κ3) is 2.94. The number of likely N-dealkylation sites (N-methyl/N-ethyl adjacent to an activating group) is 1. The molecule has 16 heavy (non-hydrogen) atoms. The maximum Gasteiger partial charge on any atom is 0.255 e. The number of hydrogen-bond donors (Lipinski definition) is 3. The molecule has 0 fully saturated rings. The SMILES string of the molecule is CNC(=O)CNC(=O)c1ccc(F)cc1O. The second kappa shape index (κ2) is 5.11. The average Bonchev–Trinajstić information content (AvgIpc) is 2.25. The molecule has 0 saturated heterocycles. The first-order valence-electron chi connectivity index (χ1n) is 4.52. The Bertz CT molecular complexity index is 421. The number of aromatic hydroxyl groups is 1. The quantitative estimate of drug-likeness (QED) is 0.679. The first-order valence-corrected chi connectivity index (χ1v) is 4.52. The number of carbonyl (C=O) groups is 2. The second-order valence-corrected chi connectivity index (χ2v) is 3.02. The molecule has 0 aliphatic carbocycles. The number of hydrogen-bond acceptors (Lipinski definition) is 3. The van der Waals surface area contributed by atoms with Crippen LogP contribution in [0.15, 0.2) is 18.2 Å². The molecule has 3 N–H and O–H groups in total. The van der Waals surface area contributed by atoms with E-state index in [0.717, 1.165) is 18.2 Å². The average molecular weight is 226 g/mol. The molecule has 0 aliphatic rings. The summed E-state index contributed by atoms with van der Waals surface area (Å²) in [6, 6.07) is 3.02. The van der Waals surface area contributed by atoms with Crippen LogP contribution < -0.4 is 10.6 Å². The van der Waals surface area contributed by atoms with E-state index >= 15 is 0 Å². The summed E-state index contributed by atoms with van der Waals surface area (Å²) in [4.78, 5) is 22.3. The molecule has 0 unspecified atom stereocenters. The number of amides is 2. The molecule has 0 radical (unpaired) electrons. The Morgan fingerprint density at radius 2 is 2.12 bits per heavy atom. The van der Waals surface area contributed by atoms with Gasteiger partial charge in [0.1, 0.15) is 11.6 Å². The molecule has 0 heterocycles. The van der Waals surface area contributed by atoms with E-state index in [1.165, 1.54) is 7.05 Å². The lowest BCUT2D eigenvalue weighted by Gasteiger charge is -2.05. The van der Waals surface area contributed by atoms with Crippen LogP contribution in [0.25, 0.3) is 0 Å². The Morgan fingerprint density at radius 3 is 2.69 bits per heavy atom. The van der Waals surface area contributed by atoms with Crippen molar-refractivity contribution in [2.45, 2.75) is 0 Å². The number of rotatable bonds is 3. The van der Waals surface area contributed by atoms with E-state index in [1.807, 2.05) is 0 Å². The van der Waals surface area contributed by atoms with Crippen molar-refractivity contribution in [3.05, 3.63) is 29.6 Å². The molecule has 6 heteroatoms. The fourth-order valence-electron chi connectivity index (χ4n) is 1.04. The van der Waals surface area contributed by atoms with E-state index in [2.05, 4.69) is 10.6 Å². The van der Waals surface area contributed by atoms with Gasteiger partial charge in [0.05, 0.1) is 12.1 Å². The van der Waals surface area contributed by atoms with Crippen molar-refractivity contribution in [1.29, 1.82) is 0 Å². The minimum Gasteiger partial charge on any atom is -0.507 e. The van der Waals surface area contributed by atoms with E-state index in [0.29, 0.717) is 0 Å². The van der Waals surface area contributed by atoms with Gasteiger partial charge in [-0.1, -0.05) is 0 Å². The summed E-state index contributed by atoms with van der Waals surface area (Å²) >= 11 is 0. The highest BCUT2D eigenvalue weighted by Crippen LogP contribution is 2.17. The standard InChI is InChI=1S/C10H11FN2O3/c1-12-9(15)5-13-10(16)7-3-2-6(11)4-8(7)14/h2-4,14H,5H2,1H3,(H,12,15)(H,13,16). The molecule has 86 valence electrons. The van der Waals surface area contributed by atoms with Crippen LogP contribution in [0.1, 0.15) is 10.4 Å². The Balaban J connectivity index is 2.70. The fourth-order valence-corrected chi connectivity index (χ4v) is 1.04. The van der Waals surface area contributed by atoms with Crippen molar-refractivity contribution in [2.24, 2.45) is 0 Å². The Hall–Kier alpha value is -2.11. The van der Waals surface area contributed by atoms with E-state index in [9.17, 15) is 19.1 Å². The van der Waals surface area contributed by atoms with Crippen LogP contribution in [0.3, 0.4) is 0 Å². The van der Waals surface area contributed by atoms with Gasteiger partial charge in [0, 0.05) is 13.1 Å². The predicted octanol–water partition coefficient (Wildman–Crippen LogP) is 0.00710. The Kier molecular flexibility index (Phi) is 3.82. The molecular formula is C10H11FN2O3. The molecule has 0 aromatic heterocycles. The van der Waals surface area contributed by atoms with Gasteiger partial charge in [-0.05, 0) is 12.1 Å². The van der Waals surface area contributed by atoms with Gasteiger partial charge in [-0.15, -0.1) is 0 Å². The second-order valence-electron chi connectivity index (χ2n) is 3.02. The van der Waals surface area contributed by atoms with E-state index in [1.54, 1.807) is 0 Å². The van der Waals surface area contributed by atoms with Crippen LogP contribution in [0, 0.1) is 5.82 Å². The smallest absolute Gasteiger partial charge is 0.255 e. The minimum absolute atomic E-state index is 0.0784. The first kappa shape index (κ1) is 12.0. The maximum absolute atomic E-state index is 12.6. The van der Waals surface area contributed by atoms with Gasteiger partial charge in [0.15, 0.2) is 0 Å². The molecule has 0 atom stereocenters. The summed E-state index contributed by atoms with van der Waals surface area (Å²) in [7, 11) is 1.43. The largest absolute Gasteiger partial charge is 0.507 e. The molecule has 0 bridgehead atoms. The van der Waals surface area contributed by atoms with Gasteiger partial charge in [-0.25, -0.2) is 4.39 Å². The zero-order chi connectivity index (χ0) is 12.1. The maximum atomic E-state index is 12.6. The lowest BCUT2D eigenvalue weighted by molar-refractivity contribution is -0.119. The third-order valence-corrected chi connectivity index (χ3v) is 1.89. The summed E-state index contributed by atoms with van der Waals surface area (Å²) in [5, 5.41) is 13.9. The lowest BCUT2D eigenvalue weighted by atomic mass is 10.2. The van der Waals surface area contributed by atoms with Gasteiger partial charge in [0.2, 0.25) is 5.91 Å². The highest BCUT2D eigenvalue weighted by molar-refractivity contribution is 5.98. The number of nitrogens with one attached hydrogen (secondary N) is 2. The van der Waals surface area contributed by atoms with Gasteiger partial charge in [-0.3, -0.25) is 9.59 Å². The van der Waals surface area contributed by atoms with Gasteiger partial charge in [-0.2, -0.15) is 0 Å². The summed E-state index contributed by atoms with van der Waals surface area (Å²) in [5.41, 5.74) is -0.0784. The predicted molar refractivity (Wildman–Crippen MR) is 54.5 cm³/mol. The fraction of sp³-hybridized carbons (Fsp3) is 0.200. The molecule has 2 amide bonds. The monoisotopic (exact) mass is 226 g/mol. The number of benzene rings is 1. The van der Waals surface area contributed by atoms with Crippen molar-refractivity contribution < 1.29 is 19.1 Å². The van der Waals surface area contributed by atoms with E-state index < -0.39 is 17.5 Å². The first-order chi connectivity index (χ1) is 7.54. The lowest BCUT2D eigenvalue weighted by Crippen LogP contribution is -2.35. The summed E-state index contributed by atoms with van der Waals surface area (Å²) in [6.07, 6.45) is 0. The van der Waals surface area contributed by atoms with Crippen LogP contribution in [0.2, 0.25) is 0 Å². The number of phenolic OH excluding ortho intramolecular Hbond substituents is 1. The van der Waals surface area contributed by atoms with Crippen LogP contribution >= 0.6 is 0 Å². The zero-order valence-electron chi connectivity index (χ0n) is 8.58. The van der Waals surface area contributed by atoms with Gasteiger partial charge in [0.25, 0.3) is 5.91 Å². The molecule has 5 nitrogen and oxygen atoms in total. The molecule has 1 aromatic rings. The number of halogens is 1. The van der Waals surface area contributed by atoms with E-state index in [-0.39, 0.29) is 18.0 Å². The third-order valence-electron chi connectivity index (χ3n) is 1.89. The van der Waals surface area contributed by atoms with Crippen molar-refractivity contribution in [3.63, 3.8) is 0 Å². The summed E-state index contributed by atoms with van der Waals surface area (Å²) in [5.74, 6) is -2.11. The molecule has 0 aliphatic heterocycles. The number of carbonyl (C=O) groups excluding carboxylic acids is 2. The van der Waals surface area contributed by atoms with E-state index in [4.69, 9.17) is 0 Å². The van der Waals surface area contributed by atoms with Gasteiger partial charge < -0.3 is 15.7 Å². The van der Waals surface area contributed by atoms with Crippen molar-refractivity contribution in [2.75, 3.05) is 13.6 Å². The normalized spacial score (nSPS) is 9.62. The van der Waals surface area contributed by atoms with Crippen LogP contribution in [-0.2, 0) is 4.79 Å². The van der Waals surface area contributed by atoms with Crippen molar-refractivity contribution in [1.82, 2.24) is 10.6 Å². The summed E-state index contributed by atoms with van der Waals surface area (Å²) < 4.78 is 12.6. The molecular weight excluding hydrogens is 215 g/mol. The van der Waals surface area contributed by atoms with Crippen molar-refractivity contribution >= 4 is 11.8 Å². The highest BCUT2D eigenvalue weighted by Gasteiger charge is 2.12. The van der Waals surface area contributed by atoms with Crippen molar-refractivity contribution in [3.8, 4) is 5.75 Å². The minimum atomic E-state index is -0.639. The Labute approximate surface area is 91.3 Å². The van der Waals surface area contributed by atoms with Crippen LogP contribution in [0.5, 0.6) is 5.75 Å². The molecule has 1 aromatic carbocycles. The highest BCUT2D eigenvalue weighted by atomic mass is 19.1.